The van der Waals surface area contributed by atoms with Gasteiger partial charge in [0.15, 0.2) is 5.79 Å². The molecule has 1 aliphatic heterocycles. The number of ether oxygens (including phenoxy) is 2. The predicted molar refractivity (Wildman–Crippen MR) is 42.6 cm³/mol. The Morgan fingerprint density at radius 2 is 2.00 bits per heavy atom. The van der Waals surface area contributed by atoms with Crippen molar-refractivity contribution >= 4 is 0 Å². The SMILES string of the molecule is CC(O)C(O)C1COC(C)(C)O1. The standard InChI is InChI=1S/C8H16O4/c1-5(9)7(10)6-4-11-8(2,3)12-6/h5-7,9-10H,4H2,1-3H3. The Balaban J connectivity index is 2.47. The molecule has 0 aromatic rings. The Bertz CT molecular complexity index is 155. The third-order valence-electron chi connectivity index (χ3n) is 1.91. The molecule has 12 heavy (non-hydrogen) atoms. The molecule has 72 valence electrons. The van der Waals surface area contributed by atoms with Crippen molar-refractivity contribution in [2.75, 3.05) is 6.61 Å². The van der Waals surface area contributed by atoms with Crippen LogP contribution in [0.15, 0.2) is 0 Å². The van der Waals surface area contributed by atoms with Gasteiger partial charge in [0.2, 0.25) is 0 Å². The van der Waals surface area contributed by atoms with E-state index in [0.717, 1.165) is 0 Å². The zero-order valence-electron chi connectivity index (χ0n) is 7.65. The molecule has 0 saturated carbocycles. The number of aliphatic hydroxyl groups is 2. The number of hydrogen-bond donors (Lipinski definition) is 2. The van der Waals surface area contributed by atoms with Gasteiger partial charge < -0.3 is 19.7 Å². The maximum absolute atomic E-state index is 9.40. The summed E-state index contributed by atoms with van der Waals surface area (Å²) in [5.74, 6) is -0.638. The van der Waals surface area contributed by atoms with Gasteiger partial charge in [0, 0.05) is 0 Å². The quantitative estimate of drug-likeness (QED) is 0.616. The van der Waals surface area contributed by atoms with Crippen LogP contribution in [0.1, 0.15) is 20.8 Å². The van der Waals surface area contributed by atoms with Crippen LogP contribution in [0.2, 0.25) is 0 Å². The lowest BCUT2D eigenvalue weighted by Gasteiger charge is -2.21. The van der Waals surface area contributed by atoms with Crippen molar-refractivity contribution in [1.29, 1.82) is 0 Å². The largest absolute Gasteiger partial charge is 0.391 e. The lowest BCUT2D eigenvalue weighted by atomic mass is 10.1. The summed E-state index contributed by atoms with van der Waals surface area (Å²) in [5, 5.41) is 18.5. The molecule has 4 heteroatoms. The van der Waals surface area contributed by atoms with Gasteiger partial charge in [-0.05, 0) is 20.8 Å². The molecule has 1 fully saturated rings. The van der Waals surface area contributed by atoms with Crippen LogP contribution in [-0.2, 0) is 9.47 Å². The van der Waals surface area contributed by atoms with Gasteiger partial charge in [-0.2, -0.15) is 0 Å². The van der Waals surface area contributed by atoms with Crippen molar-refractivity contribution < 1.29 is 19.7 Å². The summed E-state index contributed by atoms with van der Waals surface area (Å²) in [6.07, 6.45) is -2.07. The molecule has 0 amide bonds. The molecular weight excluding hydrogens is 160 g/mol. The highest BCUT2D eigenvalue weighted by Crippen LogP contribution is 2.24. The maximum atomic E-state index is 9.40. The third-order valence-corrected chi connectivity index (χ3v) is 1.91. The second-order valence-corrected chi connectivity index (χ2v) is 3.60. The summed E-state index contributed by atoms with van der Waals surface area (Å²) >= 11 is 0. The summed E-state index contributed by atoms with van der Waals surface area (Å²) in [6.45, 7) is 5.42. The summed E-state index contributed by atoms with van der Waals surface area (Å²) in [7, 11) is 0. The van der Waals surface area contributed by atoms with E-state index < -0.39 is 24.1 Å². The van der Waals surface area contributed by atoms with Gasteiger partial charge in [-0.1, -0.05) is 0 Å². The van der Waals surface area contributed by atoms with Gasteiger partial charge in [-0.15, -0.1) is 0 Å². The van der Waals surface area contributed by atoms with Crippen molar-refractivity contribution in [3.63, 3.8) is 0 Å². The highest BCUT2D eigenvalue weighted by molar-refractivity contribution is 4.80. The molecule has 3 atom stereocenters. The van der Waals surface area contributed by atoms with Crippen molar-refractivity contribution in [3.05, 3.63) is 0 Å². The van der Waals surface area contributed by atoms with Gasteiger partial charge in [0.1, 0.15) is 12.2 Å². The summed E-state index contributed by atoms with van der Waals surface area (Å²) < 4.78 is 10.6. The molecule has 4 nitrogen and oxygen atoms in total. The van der Waals surface area contributed by atoms with Crippen LogP contribution in [0.25, 0.3) is 0 Å². The smallest absolute Gasteiger partial charge is 0.163 e. The van der Waals surface area contributed by atoms with Crippen LogP contribution in [0.4, 0.5) is 0 Å². The van der Waals surface area contributed by atoms with E-state index >= 15 is 0 Å². The zero-order valence-corrected chi connectivity index (χ0v) is 7.65. The molecule has 1 aliphatic rings. The van der Waals surface area contributed by atoms with Crippen LogP contribution >= 0.6 is 0 Å². The Morgan fingerprint density at radius 3 is 2.33 bits per heavy atom. The Labute approximate surface area is 72.1 Å². The van der Waals surface area contributed by atoms with Crippen molar-refractivity contribution in [3.8, 4) is 0 Å². The average Bonchev–Trinajstić information content (AvgIpc) is 2.28. The van der Waals surface area contributed by atoms with E-state index in [2.05, 4.69) is 0 Å². The Kier molecular flexibility index (Phi) is 2.73. The summed E-state index contributed by atoms with van der Waals surface area (Å²) in [6, 6.07) is 0. The first-order chi connectivity index (χ1) is 5.42. The molecular formula is C8H16O4. The highest BCUT2D eigenvalue weighted by Gasteiger charge is 2.38. The lowest BCUT2D eigenvalue weighted by Crippen LogP contribution is -2.38. The Morgan fingerprint density at radius 1 is 1.42 bits per heavy atom. The molecule has 2 N–H and O–H groups in total. The van der Waals surface area contributed by atoms with E-state index in [1.165, 1.54) is 6.92 Å². The lowest BCUT2D eigenvalue weighted by molar-refractivity contribution is -0.159. The molecule has 1 saturated heterocycles. The third kappa shape index (κ3) is 2.17. The molecule has 0 radical (unpaired) electrons. The fourth-order valence-corrected chi connectivity index (χ4v) is 1.19. The first-order valence-electron chi connectivity index (χ1n) is 4.10. The van der Waals surface area contributed by atoms with Crippen LogP contribution in [0.3, 0.4) is 0 Å². The van der Waals surface area contributed by atoms with Gasteiger partial charge in [-0.3, -0.25) is 0 Å². The summed E-state index contributed by atoms with van der Waals surface area (Å²) in [4.78, 5) is 0. The number of rotatable bonds is 2. The second-order valence-electron chi connectivity index (χ2n) is 3.60. The Hall–Kier alpha value is -0.160. The minimum Gasteiger partial charge on any atom is -0.391 e. The minimum atomic E-state index is -0.869. The predicted octanol–water partition coefficient (Wildman–Crippen LogP) is -0.120. The first-order valence-corrected chi connectivity index (χ1v) is 4.10. The zero-order chi connectivity index (χ0) is 9.35. The van der Waals surface area contributed by atoms with E-state index in [-0.39, 0.29) is 0 Å². The van der Waals surface area contributed by atoms with Crippen molar-refractivity contribution in [1.82, 2.24) is 0 Å². The fraction of sp³-hybridized carbons (Fsp3) is 1.00. The van der Waals surface area contributed by atoms with Crippen molar-refractivity contribution in [2.24, 2.45) is 0 Å². The van der Waals surface area contributed by atoms with Gasteiger partial charge in [0.05, 0.1) is 12.7 Å². The normalized spacial score (nSPS) is 33.2. The van der Waals surface area contributed by atoms with Crippen LogP contribution in [0, 0.1) is 0 Å². The molecule has 0 aromatic carbocycles. The molecule has 0 aliphatic carbocycles. The molecule has 3 unspecified atom stereocenters. The van der Waals surface area contributed by atoms with E-state index in [9.17, 15) is 5.11 Å². The minimum absolute atomic E-state index is 0.332. The van der Waals surface area contributed by atoms with Crippen LogP contribution < -0.4 is 0 Å². The monoisotopic (exact) mass is 176 g/mol. The van der Waals surface area contributed by atoms with E-state index in [1.54, 1.807) is 13.8 Å². The maximum Gasteiger partial charge on any atom is 0.163 e. The first kappa shape index (κ1) is 9.92. The molecule has 1 rings (SSSR count). The van der Waals surface area contributed by atoms with Gasteiger partial charge in [-0.25, -0.2) is 0 Å². The number of aliphatic hydroxyl groups excluding tert-OH is 2. The van der Waals surface area contributed by atoms with E-state index in [0.29, 0.717) is 6.61 Å². The summed E-state index contributed by atoms with van der Waals surface area (Å²) in [5.41, 5.74) is 0. The second kappa shape index (κ2) is 3.30. The fourth-order valence-electron chi connectivity index (χ4n) is 1.19. The highest BCUT2D eigenvalue weighted by atomic mass is 16.7. The topological polar surface area (TPSA) is 58.9 Å². The average molecular weight is 176 g/mol. The van der Waals surface area contributed by atoms with Crippen LogP contribution in [0.5, 0.6) is 0 Å². The van der Waals surface area contributed by atoms with E-state index in [1.807, 2.05) is 0 Å². The van der Waals surface area contributed by atoms with Gasteiger partial charge >= 0.3 is 0 Å². The van der Waals surface area contributed by atoms with Crippen LogP contribution in [-0.4, -0.2) is 40.9 Å². The van der Waals surface area contributed by atoms with Gasteiger partial charge in [0.25, 0.3) is 0 Å². The molecule has 0 bridgehead atoms. The molecule has 0 spiro atoms. The molecule has 1 heterocycles. The van der Waals surface area contributed by atoms with Crippen molar-refractivity contribution in [2.45, 2.75) is 44.9 Å². The molecule has 0 aromatic heterocycles. The number of hydrogen-bond acceptors (Lipinski definition) is 4. The van der Waals surface area contributed by atoms with E-state index in [4.69, 9.17) is 14.6 Å².